The lowest BCUT2D eigenvalue weighted by Gasteiger charge is -2.46. The second-order valence-electron chi connectivity index (χ2n) is 19.6. The topological polar surface area (TPSA) is 0 Å². The summed E-state index contributed by atoms with van der Waals surface area (Å²) >= 11 is 0. The van der Waals surface area contributed by atoms with Gasteiger partial charge in [0.1, 0.15) is 0 Å². The number of hydrogen-bond acceptors (Lipinski definition) is 0. The number of benzene rings is 3. The van der Waals surface area contributed by atoms with Gasteiger partial charge in [0.25, 0.3) is 0 Å². The Hall–Kier alpha value is -2.08. The second-order valence-corrected chi connectivity index (χ2v) is 19.6. The molecule has 0 nitrogen and oxygen atoms in total. The molecule has 4 rings (SSSR count). The van der Waals surface area contributed by atoms with Crippen LogP contribution < -0.4 is 0 Å². The SMILES string of the molecule is CC(C)(C)c1c2c(c(C(C)(C)C)c(C(C)(C)C)c1C(C)(C)C)Cc1c(c(C(C)(C)C)c3ccccc3c1C(C)(C)C)C2. The lowest BCUT2D eigenvalue weighted by Crippen LogP contribution is -2.36. The fourth-order valence-corrected chi connectivity index (χ4v) is 8.40. The molecule has 42 heavy (non-hydrogen) atoms. The first-order valence-electron chi connectivity index (χ1n) is 16.5. The predicted molar refractivity (Wildman–Crippen MR) is 188 cm³/mol. The van der Waals surface area contributed by atoms with Gasteiger partial charge in [-0.3, -0.25) is 0 Å². The maximum atomic E-state index is 2.46. The van der Waals surface area contributed by atoms with Crippen molar-refractivity contribution in [3.63, 3.8) is 0 Å². The molecule has 0 heteroatoms. The molecule has 0 amide bonds. The third-order valence-corrected chi connectivity index (χ3v) is 9.36. The van der Waals surface area contributed by atoms with Crippen LogP contribution in [0.4, 0.5) is 0 Å². The van der Waals surface area contributed by atoms with Gasteiger partial charge in [-0.1, -0.05) is 149 Å². The zero-order valence-electron chi connectivity index (χ0n) is 30.7. The van der Waals surface area contributed by atoms with Crippen LogP contribution in [0, 0.1) is 0 Å². The van der Waals surface area contributed by atoms with Crippen LogP contribution in [-0.2, 0) is 45.3 Å². The first kappa shape index (κ1) is 32.8. The Labute approximate surface area is 260 Å². The standard InChI is InChI=1S/C42H62/c1-37(2,3)31-25-21-19-20-22-26(25)32(38(4,5)6)28-24-30-29(23-27(28)31)33(39(7,8)9)35(41(13,14)15)36(42(16,17)18)34(30)40(10,11)12/h19-22H,23-24H2,1-18H3. The van der Waals surface area contributed by atoms with E-state index in [1.54, 1.807) is 55.6 Å². The highest BCUT2D eigenvalue weighted by Gasteiger charge is 2.43. The lowest BCUT2D eigenvalue weighted by molar-refractivity contribution is 0.469. The van der Waals surface area contributed by atoms with E-state index in [9.17, 15) is 0 Å². The van der Waals surface area contributed by atoms with E-state index in [0.717, 1.165) is 12.8 Å². The molecule has 1 aliphatic carbocycles. The Morgan fingerprint density at radius 2 is 0.524 bits per heavy atom. The molecule has 230 valence electrons. The lowest BCUT2D eigenvalue weighted by atomic mass is 9.58. The van der Waals surface area contributed by atoms with E-state index in [2.05, 4.69) is 149 Å². The molecular weight excluding hydrogens is 504 g/mol. The monoisotopic (exact) mass is 566 g/mol. The van der Waals surface area contributed by atoms with Crippen LogP contribution >= 0.6 is 0 Å². The summed E-state index contributed by atoms with van der Waals surface area (Å²) in [5.74, 6) is 0. The summed E-state index contributed by atoms with van der Waals surface area (Å²) in [7, 11) is 0. The minimum Gasteiger partial charge on any atom is -0.0616 e. The third-order valence-electron chi connectivity index (χ3n) is 9.36. The van der Waals surface area contributed by atoms with Crippen molar-refractivity contribution in [3.8, 4) is 0 Å². The largest absolute Gasteiger partial charge is 0.0616 e. The Balaban J connectivity index is 2.37. The van der Waals surface area contributed by atoms with Crippen molar-refractivity contribution in [3.05, 3.63) is 79.9 Å². The molecule has 0 aromatic heterocycles. The van der Waals surface area contributed by atoms with E-state index in [1.807, 2.05) is 0 Å². The summed E-state index contributed by atoms with van der Waals surface area (Å²) < 4.78 is 0. The average Bonchev–Trinajstić information content (AvgIpc) is 2.75. The molecule has 0 atom stereocenters. The summed E-state index contributed by atoms with van der Waals surface area (Å²) in [6, 6.07) is 9.29. The third kappa shape index (κ3) is 5.50. The van der Waals surface area contributed by atoms with Crippen molar-refractivity contribution >= 4 is 10.8 Å². The van der Waals surface area contributed by atoms with Crippen LogP contribution in [0.1, 0.15) is 180 Å². The van der Waals surface area contributed by atoms with Crippen molar-refractivity contribution in [1.29, 1.82) is 0 Å². The first-order chi connectivity index (χ1) is 18.7. The van der Waals surface area contributed by atoms with Gasteiger partial charge in [0.15, 0.2) is 0 Å². The molecule has 0 unspecified atom stereocenters. The minimum absolute atomic E-state index is 0.0339. The van der Waals surface area contributed by atoms with Gasteiger partial charge in [-0.05, 0) is 112 Å². The van der Waals surface area contributed by atoms with Gasteiger partial charge < -0.3 is 0 Å². The van der Waals surface area contributed by atoms with Crippen LogP contribution in [0.25, 0.3) is 10.8 Å². The molecule has 0 saturated heterocycles. The van der Waals surface area contributed by atoms with Crippen LogP contribution in [-0.4, -0.2) is 0 Å². The number of hydrogen-bond donors (Lipinski definition) is 0. The quantitative estimate of drug-likeness (QED) is 0.198. The summed E-state index contributed by atoms with van der Waals surface area (Å²) in [6.45, 7) is 44.0. The van der Waals surface area contributed by atoms with E-state index in [1.165, 1.54) is 10.8 Å². The maximum absolute atomic E-state index is 2.46. The molecule has 0 N–H and O–H groups in total. The Morgan fingerprint density at radius 3 is 0.738 bits per heavy atom. The molecule has 0 fully saturated rings. The molecular formula is C42H62. The van der Waals surface area contributed by atoms with Gasteiger partial charge in [-0.15, -0.1) is 0 Å². The fourth-order valence-electron chi connectivity index (χ4n) is 8.40. The summed E-state index contributed by atoms with van der Waals surface area (Å²) in [6.07, 6.45) is 2.04. The Morgan fingerprint density at radius 1 is 0.310 bits per heavy atom. The summed E-state index contributed by atoms with van der Waals surface area (Å²) in [5.41, 5.74) is 16.2. The van der Waals surface area contributed by atoms with Gasteiger partial charge in [0.05, 0.1) is 0 Å². The highest BCUT2D eigenvalue weighted by molar-refractivity contribution is 5.93. The van der Waals surface area contributed by atoms with Crippen molar-refractivity contribution < 1.29 is 0 Å². The molecule has 0 bridgehead atoms. The zero-order chi connectivity index (χ0) is 32.2. The predicted octanol–water partition coefficient (Wildman–Crippen LogP) is 12.1. The molecule has 1 aliphatic rings. The number of rotatable bonds is 0. The fraction of sp³-hybridized carbons (Fsp3) is 0.619. The second kappa shape index (κ2) is 9.71. The van der Waals surface area contributed by atoms with E-state index >= 15 is 0 Å². The van der Waals surface area contributed by atoms with Gasteiger partial charge in [-0.2, -0.15) is 0 Å². The molecule has 0 radical (unpaired) electrons. The maximum Gasteiger partial charge on any atom is -0.00136 e. The van der Waals surface area contributed by atoms with E-state index in [4.69, 9.17) is 0 Å². The summed E-state index contributed by atoms with van der Waals surface area (Å²) in [5, 5.41) is 2.90. The Kier molecular flexibility index (Phi) is 7.59. The highest BCUT2D eigenvalue weighted by Crippen LogP contribution is 2.53. The van der Waals surface area contributed by atoms with E-state index in [-0.39, 0.29) is 32.5 Å². The van der Waals surface area contributed by atoms with Crippen LogP contribution in [0.2, 0.25) is 0 Å². The van der Waals surface area contributed by atoms with Gasteiger partial charge in [0.2, 0.25) is 0 Å². The van der Waals surface area contributed by atoms with Gasteiger partial charge in [-0.25, -0.2) is 0 Å². The molecule has 0 spiro atoms. The normalized spacial score (nSPS) is 15.2. The van der Waals surface area contributed by atoms with Crippen molar-refractivity contribution in [2.24, 2.45) is 0 Å². The smallest absolute Gasteiger partial charge is 0.00136 e. The van der Waals surface area contributed by atoms with E-state index < -0.39 is 0 Å². The first-order valence-corrected chi connectivity index (χ1v) is 16.5. The molecule has 0 saturated carbocycles. The molecule has 3 aromatic carbocycles. The van der Waals surface area contributed by atoms with Crippen molar-refractivity contribution in [2.75, 3.05) is 0 Å². The van der Waals surface area contributed by atoms with Crippen LogP contribution in [0.5, 0.6) is 0 Å². The zero-order valence-corrected chi connectivity index (χ0v) is 30.7. The molecule has 3 aromatic rings. The van der Waals surface area contributed by atoms with Crippen molar-refractivity contribution in [2.45, 2.75) is 170 Å². The summed E-state index contributed by atoms with van der Waals surface area (Å²) in [4.78, 5) is 0. The minimum atomic E-state index is 0.0339. The highest BCUT2D eigenvalue weighted by atomic mass is 14.5. The van der Waals surface area contributed by atoms with Gasteiger partial charge >= 0.3 is 0 Å². The van der Waals surface area contributed by atoms with Gasteiger partial charge in [0, 0.05) is 0 Å². The van der Waals surface area contributed by atoms with Crippen molar-refractivity contribution in [1.82, 2.24) is 0 Å². The van der Waals surface area contributed by atoms with E-state index in [0.29, 0.717) is 0 Å². The Bertz CT molecular complexity index is 1410. The molecule has 0 heterocycles. The molecule has 0 aliphatic heterocycles. The van der Waals surface area contributed by atoms with Crippen LogP contribution in [0.15, 0.2) is 24.3 Å². The average molecular weight is 567 g/mol. The van der Waals surface area contributed by atoms with Crippen LogP contribution in [0.3, 0.4) is 0 Å². The number of fused-ring (bicyclic) bond motifs is 3.